The highest BCUT2D eigenvalue weighted by molar-refractivity contribution is 7.08. The van der Waals surface area contributed by atoms with Gasteiger partial charge >= 0.3 is 0 Å². The van der Waals surface area contributed by atoms with Crippen LogP contribution in [0.4, 0.5) is 0 Å². The van der Waals surface area contributed by atoms with Crippen LogP contribution in [-0.4, -0.2) is 17.7 Å². The van der Waals surface area contributed by atoms with Gasteiger partial charge < -0.3 is 10.4 Å². The maximum atomic E-state index is 10.4. The summed E-state index contributed by atoms with van der Waals surface area (Å²) in [5.41, 5.74) is 0.287. The molecule has 0 amide bonds. The molecule has 0 saturated heterocycles. The molecule has 2 rings (SSSR count). The Morgan fingerprint density at radius 3 is 2.88 bits per heavy atom. The average Bonchev–Trinajstić information content (AvgIpc) is 2.82. The van der Waals surface area contributed by atoms with Gasteiger partial charge in [0.25, 0.3) is 0 Å². The number of aliphatic hydroxyl groups is 1. The Morgan fingerprint density at radius 2 is 2.24 bits per heavy atom. The summed E-state index contributed by atoms with van der Waals surface area (Å²) in [7, 11) is 0. The zero-order valence-corrected chi connectivity index (χ0v) is 11.6. The van der Waals surface area contributed by atoms with Crippen molar-refractivity contribution in [3.05, 3.63) is 22.4 Å². The standard InChI is InChI=1S/C14H23NOS/c1-11-5-3-4-6-13(11)15-10-14(2,16)12-7-8-17-9-12/h7-9,11,13,15-16H,3-6,10H2,1-2H3. The van der Waals surface area contributed by atoms with Gasteiger partial charge in [-0.15, -0.1) is 0 Å². The first-order valence-electron chi connectivity index (χ1n) is 6.58. The molecule has 0 spiro atoms. The summed E-state index contributed by atoms with van der Waals surface area (Å²) in [5, 5.41) is 18.0. The van der Waals surface area contributed by atoms with E-state index in [-0.39, 0.29) is 0 Å². The molecule has 96 valence electrons. The lowest BCUT2D eigenvalue weighted by Gasteiger charge is -2.33. The van der Waals surface area contributed by atoms with Crippen LogP contribution in [-0.2, 0) is 5.60 Å². The molecule has 3 atom stereocenters. The van der Waals surface area contributed by atoms with E-state index in [9.17, 15) is 5.11 Å². The fourth-order valence-corrected chi connectivity index (χ4v) is 3.41. The van der Waals surface area contributed by atoms with Crippen LogP contribution in [0.25, 0.3) is 0 Å². The quantitative estimate of drug-likeness (QED) is 0.864. The van der Waals surface area contributed by atoms with Gasteiger partial charge in [-0.2, -0.15) is 11.3 Å². The molecule has 1 saturated carbocycles. The summed E-state index contributed by atoms with van der Waals surface area (Å²) in [6, 6.07) is 2.59. The van der Waals surface area contributed by atoms with Gasteiger partial charge in [-0.05, 0) is 48.1 Å². The van der Waals surface area contributed by atoms with Crippen molar-refractivity contribution in [2.24, 2.45) is 5.92 Å². The van der Waals surface area contributed by atoms with E-state index >= 15 is 0 Å². The van der Waals surface area contributed by atoms with Gasteiger partial charge in [0.05, 0.1) is 5.60 Å². The predicted molar refractivity (Wildman–Crippen MR) is 73.3 cm³/mol. The highest BCUT2D eigenvalue weighted by atomic mass is 32.1. The van der Waals surface area contributed by atoms with Crippen LogP contribution in [0.1, 0.15) is 45.1 Å². The number of hydrogen-bond donors (Lipinski definition) is 2. The van der Waals surface area contributed by atoms with Gasteiger partial charge in [-0.3, -0.25) is 0 Å². The van der Waals surface area contributed by atoms with E-state index in [1.165, 1.54) is 25.7 Å². The van der Waals surface area contributed by atoms with E-state index in [2.05, 4.69) is 12.2 Å². The summed E-state index contributed by atoms with van der Waals surface area (Å²) in [4.78, 5) is 0. The third-order valence-corrected chi connectivity index (χ3v) is 4.65. The van der Waals surface area contributed by atoms with Crippen molar-refractivity contribution in [3.8, 4) is 0 Å². The van der Waals surface area contributed by atoms with Crippen LogP contribution >= 0.6 is 11.3 Å². The van der Waals surface area contributed by atoms with Crippen LogP contribution in [0.2, 0.25) is 0 Å². The summed E-state index contributed by atoms with van der Waals surface area (Å²) in [6.07, 6.45) is 5.25. The summed E-state index contributed by atoms with van der Waals surface area (Å²) < 4.78 is 0. The molecular formula is C14H23NOS. The Hall–Kier alpha value is -0.380. The minimum absolute atomic E-state index is 0.578. The third-order valence-electron chi connectivity index (χ3n) is 3.96. The van der Waals surface area contributed by atoms with Gasteiger partial charge in [0.15, 0.2) is 0 Å². The molecule has 2 nitrogen and oxygen atoms in total. The molecule has 1 aromatic rings. The van der Waals surface area contributed by atoms with Gasteiger partial charge in [-0.25, -0.2) is 0 Å². The maximum absolute atomic E-state index is 10.4. The zero-order valence-electron chi connectivity index (χ0n) is 10.8. The fourth-order valence-electron chi connectivity index (χ4n) is 2.62. The second-order valence-corrected chi connectivity index (χ2v) is 6.32. The summed E-state index contributed by atoms with van der Waals surface area (Å²) >= 11 is 1.64. The van der Waals surface area contributed by atoms with E-state index in [1.807, 2.05) is 23.8 Å². The molecule has 1 aliphatic rings. The zero-order chi connectivity index (χ0) is 12.3. The van der Waals surface area contributed by atoms with E-state index in [0.717, 1.165) is 11.5 Å². The highest BCUT2D eigenvalue weighted by Crippen LogP contribution is 2.26. The molecule has 0 radical (unpaired) electrons. The fraction of sp³-hybridized carbons (Fsp3) is 0.714. The molecule has 1 aliphatic carbocycles. The number of nitrogens with one attached hydrogen (secondary N) is 1. The molecule has 1 heterocycles. The van der Waals surface area contributed by atoms with Crippen molar-refractivity contribution < 1.29 is 5.11 Å². The summed E-state index contributed by atoms with van der Waals surface area (Å²) in [5.74, 6) is 0.738. The number of thiophene rings is 1. The monoisotopic (exact) mass is 253 g/mol. The van der Waals surface area contributed by atoms with E-state index in [1.54, 1.807) is 11.3 Å². The van der Waals surface area contributed by atoms with Crippen LogP contribution in [0.3, 0.4) is 0 Å². The van der Waals surface area contributed by atoms with Crippen molar-refractivity contribution >= 4 is 11.3 Å². The molecule has 0 aromatic carbocycles. The van der Waals surface area contributed by atoms with E-state index in [0.29, 0.717) is 12.6 Å². The Labute approximate surface area is 108 Å². The topological polar surface area (TPSA) is 32.3 Å². The minimum Gasteiger partial charge on any atom is -0.384 e. The van der Waals surface area contributed by atoms with E-state index < -0.39 is 5.60 Å². The second-order valence-electron chi connectivity index (χ2n) is 5.54. The van der Waals surface area contributed by atoms with Crippen LogP contribution in [0, 0.1) is 5.92 Å². The Morgan fingerprint density at radius 1 is 1.47 bits per heavy atom. The lowest BCUT2D eigenvalue weighted by Crippen LogP contribution is -2.44. The number of hydrogen-bond acceptors (Lipinski definition) is 3. The molecule has 1 fully saturated rings. The molecule has 2 N–H and O–H groups in total. The third kappa shape index (κ3) is 3.30. The first-order valence-corrected chi connectivity index (χ1v) is 7.52. The van der Waals surface area contributed by atoms with Crippen molar-refractivity contribution in [1.29, 1.82) is 0 Å². The van der Waals surface area contributed by atoms with E-state index in [4.69, 9.17) is 0 Å². The van der Waals surface area contributed by atoms with Gasteiger partial charge in [0.1, 0.15) is 0 Å². The predicted octanol–water partition coefficient (Wildman–Crippen LogP) is 3.12. The normalized spacial score (nSPS) is 28.9. The van der Waals surface area contributed by atoms with Crippen LogP contribution in [0.5, 0.6) is 0 Å². The molecule has 0 bridgehead atoms. The largest absolute Gasteiger partial charge is 0.384 e. The first kappa shape index (κ1) is 13.1. The molecule has 3 unspecified atom stereocenters. The SMILES string of the molecule is CC1CCCCC1NCC(C)(O)c1ccsc1. The van der Waals surface area contributed by atoms with Crippen molar-refractivity contribution in [1.82, 2.24) is 5.32 Å². The smallest absolute Gasteiger partial charge is 0.1000 e. The first-order chi connectivity index (χ1) is 8.09. The van der Waals surface area contributed by atoms with Crippen LogP contribution in [0.15, 0.2) is 16.8 Å². The second kappa shape index (κ2) is 5.51. The van der Waals surface area contributed by atoms with Gasteiger partial charge in [0.2, 0.25) is 0 Å². The maximum Gasteiger partial charge on any atom is 0.1000 e. The number of rotatable bonds is 4. The molecular weight excluding hydrogens is 230 g/mol. The Balaban J connectivity index is 1.88. The lowest BCUT2D eigenvalue weighted by atomic mass is 9.85. The lowest BCUT2D eigenvalue weighted by molar-refractivity contribution is 0.0499. The average molecular weight is 253 g/mol. The van der Waals surface area contributed by atoms with Gasteiger partial charge in [0, 0.05) is 12.6 Å². The van der Waals surface area contributed by atoms with Crippen LogP contribution < -0.4 is 5.32 Å². The van der Waals surface area contributed by atoms with Gasteiger partial charge in [-0.1, -0.05) is 19.8 Å². The van der Waals surface area contributed by atoms with Crippen molar-refractivity contribution in [2.75, 3.05) is 6.54 Å². The molecule has 1 aromatic heterocycles. The molecule has 0 aliphatic heterocycles. The highest BCUT2D eigenvalue weighted by Gasteiger charge is 2.27. The van der Waals surface area contributed by atoms with Crippen molar-refractivity contribution in [3.63, 3.8) is 0 Å². The Kier molecular flexibility index (Phi) is 4.23. The molecule has 3 heteroatoms. The Bertz CT molecular complexity index is 334. The summed E-state index contributed by atoms with van der Waals surface area (Å²) in [6.45, 7) is 4.87. The van der Waals surface area contributed by atoms with Crippen molar-refractivity contribution in [2.45, 2.75) is 51.2 Å². The minimum atomic E-state index is -0.739. The molecule has 17 heavy (non-hydrogen) atoms.